The zero-order chi connectivity index (χ0) is 11.4. The first kappa shape index (κ1) is 12.6. The van der Waals surface area contributed by atoms with Crippen LogP contribution in [0, 0.1) is 0 Å². The summed E-state index contributed by atoms with van der Waals surface area (Å²) in [6.45, 7) is 3.44. The molecule has 2 N–H and O–H groups in total. The van der Waals surface area contributed by atoms with Gasteiger partial charge in [0.05, 0.1) is 18.8 Å². The van der Waals surface area contributed by atoms with E-state index in [9.17, 15) is 15.0 Å². The fourth-order valence-electron chi connectivity index (χ4n) is 1.41. The average molecular weight is 218 g/mol. The number of carbonyl (C=O) groups is 1. The zero-order valence-electron chi connectivity index (χ0n) is 9.05. The summed E-state index contributed by atoms with van der Waals surface area (Å²) >= 11 is 0. The SMILES string of the molecule is CC(=O)CCO[C@@H]1OC(C)[C@H](O)CC1O. The summed E-state index contributed by atoms with van der Waals surface area (Å²) in [6, 6.07) is 0. The maximum atomic E-state index is 10.7. The number of rotatable bonds is 4. The molecule has 1 heterocycles. The van der Waals surface area contributed by atoms with Crippen LogP contribution >= 0.6 is 0 Å². The van der Waals surface area contributed by atoms with Gasteiger partial charge < -0.3 is 19.7 Å². The van der Waals surface area contributed by atoms with Gasteiger partial charge in [0.25, 0.3) is 0 Å². The third-order valence-electron chi connectivity index (χ3n) is 2.42. The molecule has 0 radical (unpaired) electrons. The molecule has 0 amide bonds. The normalized spacial score (nSPS) is 36.5. The molecule has 0 aromatic carbocycles. The predicted octanol–water partition coefficient (Wildman–Crippen LogP) is -0.161. The molecule has 0 spiro atoms. The number of ether oxygens (including phenoxy) is 2. The molecular formula is C10H18O5. The molecule has 1 fully saturated rings. The molecule has 1 aliphatic heterocycles. The maximum Gasteiger partial charge on any atom is 0.183 e. The van der Waals surface area contributed by atoms with Gasteiger partial charge in [-0.25, -0.2) is 0 Å². The summed E-state index contributed by atoms with van der Waals surface area (Å²) in [5.74, 6) is 0.0355. The molecule has 0 aromatic rings. The fourth-order valence-corrected chi connectivity index (χ4v) is 1.41. The molecule has 1 rings (SSSR count). The van der Waals surface area contributed by atoms with E-state index in [0.717, 1.165) is 0 Å². The van der Waals surface area contributed by atoms with Crippen LogP contribution in [-0.2, 0) is 14.3 Å². The van der Waals surface area contributed by atoms with Crippen molar-refractivity contribution in [3.05, 3.63) is 0 Å². The number of aliphatic hydroxyl groups excluding tert-OH is 2. The molecule has 0 aromatic heterocycles. The second kappa shape index (κ2) is 5.55. The quantitative estimate of drug-likeness (QED) is 0.685. The van der Waals surface area contributed by atoms with Crippen molar-refractivity contribution in [1.82, 2.24) is 0 Å². The minimum absolute atomic E-state index is 0.0355. The van der Waals surface area contributed by atoms with Gasteiger partial charge in [-0.2, -0.15) is 0 Å². The predicted molar refractivity (Wildman–Crippen MR) is 52.2 cm³/mol. The van der Waals surface area contributed by atoms with Crippen molar-refractivity contribution < 1.29 is 24.5 Å². The van der Waals surface area contributed by atoms with Gasteiger partial charge in [-0.05, 0) is 13.8 Å². The summed E-state index contributed by atoms with van der Waals surface area (Å²) in [6.07, 6.45) is -2.02. The van der Waals surface area contributed by atoms with Crippen molar-refractivity contribution in [3.63, 3.8) is 0 Å². The summed E-state index contributed by atoms with van der Waals surface area (Å²) in [4.78, 5) is 10.7. The lowest BCUT2D eigenvalue weighted by Crippen LogP contribution is -2.47. The highest BCUT2D eigenvalue weighted by Gasteiger charge is 2.34. The van der Waals surface area contributed by atoms with Gasteiger partial charge in [-0.1, -0.05) is 0 Å². The fraction of sp³-hybridized carbons (Fsp3) is 0.900. The lowest BCUT2D eigenvalue weighted by atomic mass is 10.0. The zero-order valence-corrected chi connectivity index (χ0v) is 9.05. The van der Waals surface area contributed by atoms with E-state index in [1.165, 1.54) is 6.92 Å². The third kappa shape index (κ3) is 3.87. The first-order valence-corrected chi connectivity index (χ1v) is 5.13. The molecule has 1 aliphatic rings. The Morgan fingerprint density at radius 1 is 1.47 bits per heavy atom. The van der Waals surface area contributed by atoms with Gasteiger partial charge in [0.1, 0.15) is 11.9 Å². The van der Waals surface area contributed by atoms with Crippen molar-refractivity contribution >= 4 is 5.78 Å². The van der Waals surface area contributed by atoms with E-state index in [1.807, 2.05) is 0 Å². The largest absolute Gasteiger partial charge is 0.390 e. The Morgan fingerprint density at radius 3 is 2.73 bits per heavy atom. The van der Waals surface area contributed by atoms with Crippen LogP contribution in [0.1, 0.15) is 26.7 Å². The molecule has 88 valence electrons. The summed E-state index contributed by atoms with van der Waals surface area (Å²) in [5, 5.41) is 18.9. The lowest BCUT2D eigenvalue weighted by molar-refractivity contribution is -0.260. The number of ketones is 1. The molecule has 0 bridgehead atoms. The van der Waals surface area contributed by atoms with E-state index in [1.54, 1.807) is 6.92 Å². The van der Waals surface area contributed by atoms with Crippen LogP contribution in [0.15, 0.2) is 0 Å². The smallest absolute Gasteiger partial charge is 0.183 e. The first-order valence-electron chi connectivity index (χ1n) is 5.13. The minimum atomic E-state index is -0.830. The number of hydrogen-bond donors (Lipinski definition) is 2. The second-order valence-corrected chi connectivity index (χ2v) is 3.90. The molecule has 5 heteroatoms. The van der Waals surface area contributed by atoms with Crippen molar-refractivity contribution in [2.24, 2.45) is 0 Å². The van der Waals surface area contributed by atoms with Gasteiger partial charge in [-0.3, -0.25) is 4.79 Å². The second-order valence-electron chi connectivity index (χ2n) is 3.90. The molecule has 1 saturated heterocycles. The van der Waals surface area contributed by atoms with Crippen molar-refractivity contribution in [1.29, 1.82) is 0 Å². The van der Waals surface area contributed by atoms with Crippen molar-refractivity contribution in [2.75, 3.05) is 6.61 Å². The highest BCUT2D eigenvalue weighted by molar-refractivity contribution is 5.75. The summed E-state index contributed by atoms with van der Waals surface area (Å²) in [7, 11) is 0. The summed E-state index contributed by atoms with van der Waals surface area (Å²) in [5.41, 5.74) is 0. The van der Waals surface area contributed by atoms with Crippen molar-refractivity contribution in [2.45, 2.75) is 51.3 Å². The number of hydrogen-bond acceptors (Lipinski definition) is 5. The molecule has 15 heavy (non-hydrogen) atoms. The van der Waals surface area contributed by atoms with E-state index >= 15 is 0 Å². The molecule has 2 unspecified atom stereocenters. The number of Topliss-reactive ketones (excluding diaryl/α,β-unsaturated/α-hetero) is 1. The van der Waals surface area contributed by atoms with Crippen LogP contribution in [-0.4, -0.2) is 47.2 Å². The highest BCUT2D eigenvalue weighted by atomic mass is 16.7. The Morgan fingerprint density at radius 2 is 2.13 bits per heavy atom. The standard InChI is InChI=1S/C10H18O5/c1-6(11)3-4-14-10-9(13)5-8(12)7(2)15-10/h7-10,12-13H,3-5H2,1-2H3/t7?,8-,9?,10-/m1/s1. The monoisotopic (exact) mass is 218 g/mol. The van der Waals surface area contributed by atoms with E-state index in [4.69, 9.17) is 9.47 Å². The van der Waals surface area contributed by atoms with E-state index in [2.05, 4.69) is 0 Å². The Labute approximate surface area is 89.0 Å². The Kier molecular flexibility index (Phi) is 4.66. The van der Waals surface area contributed by atoms with Gasteiger partial charge in [0, 0.05) is 12.8 Å². The first-order chi connectivity index (χ1) is 7.00. The van der Waals surface area contributed by atoms with Crippen LogP contribution in [0.3, 0.4) is 0 Å². The van der Waals surface area contributed by atoms with Crippen LogP contribution in [0.4, 0.5) is 0 Å². The van der Waals surface area contributed by atoms with Gasteiger partial charge in [-0.15, -0.1) is 0 Å². The van der Waals surface area contributed by atoms with E-state index < -0.39 is 18.5 Å². The van der Waals surface area contributed by atoms with E-state index in [0.29, 0.717) is 6.42 Å². The topological polar surface area (TPSA) is 76.0 Å². The molecular weight excluding hydrogens is 200 g/mol. The van der Waals surface area contributed by atoms with Crippen LogP contribution in [0.2, 0.25) is 0 Å². The number of carbonyl (C=O) groups excluding carboxylic acids is 1. The highest BCUT2D eigenvalue weighted by Crippen LogP contribution is 2.20. The Hall–Kier alpha value is -0.490. The maximum absolute atomic E-state index is 10.7. The molecule has 0 saturated carbocycles. The van der Waals surface area contributed by atoms with Gasteiger partial charge >= 0.3 is 0 Å². The van der Waals surface area contributed by atoms with Crippen LogP contribution in [0.25, 0.3) is 0 Å². The number of aliphatic hydroxyl groups is 2. The third-order valence-corrected chi connectivity index (χ3v) is 2.42. The van der Waals surface area contributed by atoms with Crippen LogP contribution in [0.5, 0.6) is 0 Å². The molecule has 5 nitrogen and oxygen atoms in total. The molecule has 4 atom stereocenters. The lowest BCUT2D eigenvalue weighted by Gasteiger charge is -2.35. The van der Waals surface area contributed by atoms with Gasteiger partial charge in [0.2, 0.25) is 0 Å². The minimum Gasteiger partial charge on any atom is -0.390 e. The average Bonchev–Trinajstić information content (AvgIpc) is 2.13. The summed E-state index contributed by atoms with van der Waals surface area (Å²) < 4.78 is 10.5. The van der Waals surface area contributed by atoms with E-state index in [-0.39, 0.29) is 24.9 Å². The van der Waals surface area contributed by atoms with Crippen molar-refractivity contribution in [3.8, 4) is 0 Å². The Bertz CT molecular complexity index is 218. The molecule has 0 aliphatic carbocycles. The van der Waals surface area contributed by atoms with Crippen LogP contribution < -0.4 is 0 Å². The van der Waals surface area contributed by atoms with Gasteiger partial charge in [0.15, 0.2) is 6.29 Å². The Balaban J connectivity index is 2.31.